The van der Waals surface area contributed by atoms with E-state index in [2.05, 4.69) is 16.9 Å². The van der Waals surface area contributed by atoms with Gasteiger partial charge in [-0.05, 0) is 44.2 Å². The summed E-state index contributed by atoms with van der Waals surface area (Å²) < 4.78 is 1.44. The van der Waals surface area contributed by atoms with Crippen LogP contribution in [0.25, 0.3) is 10.9 Å². The molecule has 0 radical (unpaired) electrons. The van der Waals surface area contributed by atoms with Crippen LogP contribution in [0.2, 0.25) is 0 Å². The molecule has 9 heteroatoms. The number of thiophene rings is 2. The van der Waals surface area contributed by atoms with Crippen molar-refractivity contribution in [1.29, 1.82) is 0 Å². The summed E-state index contributed by atoms with van der Waals surface area (Å²) in [5.74, 6) is -0.420. The molecule has 0 bridgehead atoms. The predicted octanol–water partition coefficient (Wildman–Crippen LogP) is 4.30. The van der Waals surface area contributed by atoms with E-state index in [9.17, 15) is 19.2 Å². The Morgan fingerprint density at radius 1 is 1.30 bits per heavy atom. The first-order valence-corrected chi connectivity index (χ1v) is 12.5. The Labute approximate surface area is 199 Å². The van der Waals surface area contributed by atoms with Crippen LogP contribution >= 0.6 is 22.7 Å². The number of allylic oxidation sites excluding steroid dienone is 1. The zero-order valence-electron chi connectivity index (χ0n) is 18.8. The number of aryl methyl sites for hydroxylation is 2. The summed E-state index contributed by atoms with van der Waals surface area (Å²) in [6, 6.07) is 2.98. The minimum absolute atomic E-state index is 0.0559. The maximum Gasteiger partial charge on any atom is 0.262 e. The standard InChI is InChI=1S/C24H25N3O4S2/c1-12(2)18-9-10-20(33-18)22(29)17(28)7-8-19-21-15(11-32-19)24(31)27(14(4)26-21)16-6-5-13(3)25-23(16)30/h9-12,16H,3,5-8H2,1-2,4H3,(H,25,30). The van der Waals surface area contributed by atoms with Gasteiger partial charge in [0.05, 0.1) is 15.8 Å². The maximum atomic E-state index is 13.2. The molecule has 1 amide bonds. The predicted molar refractivity (Wildman–Crippen MR) is 130 cm³/mol. The number of nitrogens with one attached hydrogen (secondary N) is 1. The van der Waals surface area contributed by atoms with Gasteiger partial charge in [0.2, 0.25) is 17.5 Å². The van der Waals surface area contributed by atoms with Crippen LogP contribution < -0.4 is 10.9 Å². The minimum atomic E-state index is -0.621. The van der Waals surface area contributed by atoms with Gasteiger partial charge in [-0.1, -0.05) is 20.4 Å². The molecule has 1 unspecified atom stereocenters. The molecule has 1 aliphatic rings. The second-order valence-electron chi connectivity index (χ2n) is 8.51. The molecule has 3 aromatic heterocycles. The fourth-order valence-corrected chi connectivity index (χ4v) is 5.90. The molecule has 0 spiro atoms. The van der Waals surface area contributed by atoms with Crippen molar-refractivity contribution in [3.63, 3.8) is 0 Å². The molecule has 1 saturated heterocycles. The highest BCUT2D eigenvalue weighted by molar-refractivity contribution is 7.15. The number of amides is 1. The van der Waals surface area contributed by atoms with Crippen molar-refractivity contribution < 1.29 is 14.4 Å². The van der Waals surface area contributed by atoms with Crippen LogP contribution in [0, 0.1) is 6.92 Å². The van der Waals surface area contributed by atoms with E-state index in [0.29, 0.717) is 52.5 Å². The molecule has 1 atom stereocenters. The SMILES string of the molecule is C=C1CCC(n2c(C)nc3c(CCC(=O)C(=O)c4ccc(C(C)C)s4)scc3c2=O)C(=O)N1. The summed E-state index contributed by atoms with van der Waals surface area (Å²) in [4.78, 5) is 57.6. The molecule has 33 heavy (non-hydrogen) atoms. The number of hydrogen-bond donors (Lipinski definition) is 1. The van der Waals surface area contributed by atoms with E-state index in [1.54, 1.807) is 18.4 Å². The number of nitrogens with zero attached hydrogens (tertiary/aromatic N) is 2. The van der Waals surface area contributed by atoms with E-state index in [1.807, 2.05) is 19.9 Å². The molecule has 1 N–H and O–H groups in total. The number of fused-ring (bicyclic) bond motifs is 1. The van der Waals surface area contributed by atoms with Gasteiger partial charge in [0.1, 0.15) is 11.9 Å². The highest BCUT2D eigenvalue weighted by Crippen LogP contribution is 2.28. The van der Waals surface area contributed by atoms with Crippen molar-refractivity contribution in [3.8, 4) is 0 Å². The van der Waals surface area contributed by atoms with Crippen LogP contribution in [0.1, 0.15) is 70.3 Å². The molecule has 1 fully saturated rings. The molecule has 0 saturated carbocycles. The monoisotopic (exact) mass is 483 g/mol. The molecule has 172 valence electrons. The van der Waals surface area contributed by atoms with Crippen molar-refractivity contribution >= 4 is 51.1 Å². The van der Waals surface area contributed by atoms with Crippen LogP contribution in [0.5, 0.6) is 0 Å². The van der Waals surface area contributed by atoms with E-state index in [4.69, 9.17) is 0 Å². The Balaban J connectivity index is 1.54. The normalized spacial score (nSPS) is 16.4. The smallest absolute Gasteiger partial charge is 0.262 e. The van der Waals surface area contributed by atoms with E-state index in [0.717, 1.165) is 9.75 Å². The molecule has 3 aromatic rings. The average molecular weight is 484 g/mol. The van der Waals surface area contributed by atoms with Gasteiger partial charge in [-0.3, -0.25) is 23.7 Å². The maximum absolute atomic E-state index is 13.2. The van der Waals surface area contributed by atoms with E-state index in [1.165, 1.54) is 27.2 Å². The average Bonchev–Trinajstić information content (AvgIpc) is 3.40. The third kappa shape index (κ3) is 4.47. The molecular weight excluding hydrogens is 458 g/mol. The number of hydrogen-bond acceptors (Lipinski definition) is 7. The minimum Gasteiger partial charge on any atom is -0.329 e. The molecule has 1 aliphatic heterocycles. The third-order valence-electron chi connectivity index (χ3n) is 5.80. The zero-order valence-corrected chi connectivity index (χ0v) is 20.4. The number of carbonyl (C=O) groups excluding carboxylic acids is 3. The Morgan fingerprint density at radius 3 is 2.73 bits per heavy atom. The highest BCUT2D eigenvalue weighted by Gasteiger charge is 2.29. The fraction of sp³-hybridized carbons (Fsp3) is 0.375. The lowest BCUT2D eigenvalue weighted by Gasteiger charge is -2.26. The topological polar surface area (TPSA) is 98.1 Å². The van der Waals surface area contributed by atoms with E-state index in [-0.39, 0.29) is 17.9 Å². The Bertz CT molecular complexity index is 1350. The van der Waals surface area contributed by atoms with Crippen molar-refractivity contribution in [2.45, 2.75) is 58.4 Å². The largest absolute Gasteiger partial charge is 0.329 e. The Kier molecular flexibility index (Phi) is 6.45. The molecule has 4 heterocycles. The van der Waals surface area contributed by atoms with Gasteiger partial charge in [0.15, 0.2) is 0 Å². The van der Waals surface area contributed by atoms with Gasteiger partial charge < -0.3 is 5.32 Å². The number of Topliss-reactive ketones (excluding diaryl/α,β-unsaturated/α-hetero) is 2. The summed E-state index contributed by atoms with van der Waals surface area (Å²) in [6.07, 6.45) is 1.49. The summed E-state index contributed by atoms with van der Waals surface area (Å²) in [5.41, 5.74) is 0.920. The lowest BCUT2D eigenvalue weighted by atomic mass is 10.0. The lowest BCUT2D eigenvalue weighted by molar-refractivity contribution is -0.125. The van der Waals surface area contributed by atoms with Gasteiger partial charge in [-0.2, -0.15) is 0 Å². The quantitative estimate of drug-likeness (QED) is 0.399. The van der Waals surface area contributed by atoms with Gasteiger partial charge >= 0.3 is 0 Å². The summed E-state index contributed by atoms with van der Waals surface area (Å²) in [6.45, 7) is 9.58. The van der Waals surface area contributed by atoms with Crippen LogP contribution in [0.3, 0.4) is 0 Å². The number of piperidine rings is 1. The first kappa shape index (κ1) is 23.3. The summed E-state index contributed by atoms with van der Waals surface area (Å²) >= 11 is 2.71. The number of ketones is 2. The van der Waals surface area contributed by atoms with Crippen molar-refractivity contribution in [3.05, 3.63) is 60.6 Å². The summed E-state index contributed by atoms with van der Waals surface area (Å²) in [7, 11) is 0. The highest BCUT2D eigenvalue weighted by atomic mass is 32.1. The zero-order chi connectivity index (χ0) is 23.9. The van der Waals surface area contributed by atoms with E-state index >= 15 is 0 Å². The van der Waals surface area contributed by atoms with Crippen molar-refractivity contribution in [2.24, 2.45) is 0 Å². The number of carbonyl (C=O) groups is 3. The molecule has 7 nitrogen and oxygen atoms in total. The van der Waals surface area contributed by atoms with Gasteiger partial charge in [-0.15, -0.1) is 22.7 Å². The molecular formula is C24H25N3O4S2. The van der Waals surface area contributed by atoms with Crippen LogP contribution in [0.15, 0.2) is 34.6 Å². The van der Waals surface area contributed by atoms with Gasteiger partial charge in [0, 0.05) is 27.3 Å². The van der Waals surface area contributed by atoms with Crippen molar-refractivity contribution in [1.82, 2.24) is 14.9 Å². The number of aromatic nitrogens is 2. The second kappa shape index (κ2) is 9.15. The van der Waals surface area contributed by atoms with Gasteiger partial charge in [0.25, 0.3) is 5.56 Å². The van der Waals surface area contributed by atoms with Crippen LogP contribution in [-0.4, -0.2) is 27.0 Å². The molecule has 4 rings (SSSR count). The number of rotatable bonds is 7. The van der Waals surface area contributed by atoms with Crippen molar-refractivity contribution in [2.75, 3.05) is 0 Å². The van der Waals surface area contributed by atoms with Gasteiger partial charge in [-0.25, -0.2) is 4.98 Å². The third-order valence-corrected chi connectivity index (χ3v) is 8.22. The lowest BCUT2D eigenvalue weighted by Crippen LogP contribution is -2.41. The first-order chi connectivity index (χ1) is 15.7. The van der Waals surface area contributed by atoms with Crippen LogP contribution in [0.4, 0.5) is 0 Å². The molecule has 0 aromatic carbocycles. The van der Waals surface area contributed by atoms with Crippen LogP contribution in [-0.2, 0) is 16.0 Å². The fourth-order valence-electron chi connectivity index (χ4n) is 3.97. The van der Waals surface area contributed by atoms with E-state index < -0.39 is 17.6 Å². The molecule has 0 aliphatic carbocycles. The summed E-state index contributed by atoms with van der Waals surface area (Å²) in [5, 5.41) is 4.86. The Hall–Kier alpha value is -2.91. The Morgan fingerprint density at radius 2 is 2.06 bits per heavy atom. The second-order valence-corrected chi connectivity index (χ2v) is 10.6. The first-order valence-electron chi connectivity index (χ1n) is 10.8.